The van der Waals surface area contributed by atoms with Gasteiger partial charge in [-0.05, 0) is 20.8 Å². The van der Waals surface area contributed by atoms with Crippen LogP contribution >= 0.6 is 11.3 Å². The molecule has 1 atom stereocenters. The highest BCUT2D eigenvalue weighted by molar-refractivity contribution is 7.11. The minimum atomic E-state index is -0.330. The van der Waals surface area contributed by atoms with E-state index in [1.807, 2.05) is 20.8 Å². The lowest BCUT2D eigenvalue weighted by Crippen LogP contribution is -2.31. The van der Waals surface area contributed by atoms with E-state index in [9.17, 15) is 9.59 Å². The van der Waals surface area contributed by atoms with Crippen LogP contribution in [0.15, 0.2) is 17.2 Å². The summed E-state index contributed by atoms with van der Waals surface area (Å²) in [6, 6.07) is -0.152. The second-order valence-electron chi connectivity index (χ2n) is 4.56. The summed E-state index contributed by atoms with van der Waals surface area (Å²) < 4.78 is 0. The van der Waals surface area contributed by atoms with Gasteiger partial charge in [-0.3, -0.25) is 9.59 Å². The zero-order valence-electron chi connectivity index (χ0n) is 11.8. The standard InChI is InChI=1S/C13H16N4O2S/c1-7(12-8(2)20-9(3)16-12)17(4)13(19)10-5-15-11(18)6-14-10/h5-7H,1-4H3,(H,15,18)/t7-/m1/s1. The fourth-order valence-corrected chi connectivity index (χ4v) is 2.84. The Morgan fingerprint density at radius 2 is 2.15 bits per heavy atom. The number of nitrogens with zero attached hydrogens (tertiary/aromatic N) is 3. The van der Waals surface area contributed by atoms with Crippen LogP contribution in [0.5, 0.6) is 0 Å². The van der Waals surface area contributed by atoms with Gasteiger partial charge in [-0.15, -0.1) is 11.3 Å². The largest absolute Gasteiger partial charge is 0.332 e. The third-order valence-electron chi connectivity index (χ3n) is 3.13. The first kappa shape index (κ1) is 14.4. The summed E-state index contributed by atoms with van der Waals surface area (Å²) in [4.78, 5) is 36.7. The van der Waals surface area contributed by atoms with Gasteiger partial charge in [-0.25, -0.2) is 9.97 Å². The van der Waals surface area contributed by atoms with Gasteiger partial charge in [0.25, 0.3) is 11.5 Å². The Balaban J connectivity index is 2.24. The first-order valence-electron chi connectivity index (χ1n) is 6.16. The van der Waals surface area contributed by atoms with E-state index in [1.54, 1.807) is 23.3 Å². The molecule has 2 rings (SSSR count). The molecule has 0 aliphatic rings. The quantitative estimate of drug-likeness (QED) is 0.933. The first-order valence-corrected chi connectivity index (χ1v) is 6.97. The van der Waals surface area contributed by atoms with Crippen molar-refractivity contribution in [1.82, 2.24) is 19.9 Å². The molecule has 20 heavy (non-hydrogen) atoms. The minimum Gasteiger partial charge on any atom is -0.332 e. The van der Waals surface area contributed by atoms with Crippen LogP contribution < -0.4 is 5.56 Å². The summed E-state index contributed by atoms with van der Waals surface area (Å²) in [5, 5.41) is 0.979. The Morgan fingerprint density at radius 3 is 2.65 bits per heavy atom. The van der Waals surface area contributed by atoms with Gasteiger partial charge in [0, 0.05) is 18.1 Å². The topological polar surface area (TPSA) is 79.0 Å². The van der Waals surface area contributed by atoms with Crippen molar-refractivity contribution in [2.24, 2.45) is 0 Å². The van der Waals surface area contributed by atoms with Gasteiger partial charge < -0.3 is 9.88 Å². The number of nitrogens with one attached hydrogen (secondary N) is 1. The SMILES string of the molecule is Cc1nc([C@@H](C)N(C)C(=O)c2c[nH]c(=O)cn2)c(C)s1. The summed E-state index contributed by atoms with van der Waals surface area (Å²) >= 11 is 1.61. The number of H-pyrrole nitrogens is 1. The minimum absolute atomic E-state index is 0.152. The molecule has 0 unspecified atom stereocenters. The fraction of sp³-hybridized carbons (Fsp3) is 0.385. The number of hydrogen-bond acceptors (Lipinski definition) is 5. The van der Waals surface area contributed by atoms with Gasteiger partial charge in [0.1, 0.15) is 5.69 Å². The van der Waals surface area contributed by atoms with Crippen LogP contribution in [-0.4, -0.2) is 32.8 Å². The highest BCUT2D eigenvalue weighted by Gasteiger charge is 2.23. The Hall–Kier alpha value is -2.02. The molecule has 0 radical (unpaired) electrons. The third kappa shape index (κ3) is 2.77. The molecule has 0 bridgehead atoms. The van der Waals surface area contributed by atoms with Gasteiger partial charge in [0.2, 0.25) is 0 Å². The highest BCUT2D eigenvalue weighted by atomic mass is 32.1. The molecule has 106 valence electrons. The van der Waals surface area contributed by atoms with Crippen molar-refractivity contribution in [3.63, 3.8) is 0 Å². The first-order chi connectivity index (χ1) is 9.40. The lowest BCUT2D eigenvalue weighted by molar-refractivity contribution is 0.0733. The van der Waals surface area contributed by atoms with Crippen molar-refractivity contribution in [3.05, 3.63) is 44.0 Å². The van der Waals surface area contributed by atoms with Gasteiger partial charge in [0.15, 0.2) is 0 Å². The van der Waals surface area contributed by atoms with Gasteiger partial charge in [0.05, 0.1) is 22.9 Å². The van der Waals surface area contributed by atoms with Crippen LogP contribution in [0.4, 0.5) is 0 Å². The molecule has 0 aliphatic carbocycles. The molecule has 0 fully saturated rings. The van der Waals surface area contributed by atoms with E-state index in [-0.39, 0.29) is 23.2 Å². The molecule has 6 nitrogen and oxygen atoms in total. The van der Waals surface area contributed by atoms with Crippen molar-refractivity contribution < 1.29 is 4.79 Å². The second kappa shape index (κ2) is 5.54. The van der Waals surface area contributed by atoms with Crippen molar-refractivity contribution in [3.8, 4) is 0 Å². The predicted molar refractivity (Wildman–Crippen MR) is 77.0 cm³/mol. The molecule has 0 aliphatic heterocycles. The molecule has 0 aromatic carbocycles. The molecule has 2 aromatic rings. The van der Waals surface area contributed by atoms with E-state index in [1.165, 1.54) is 6.20 Å². The average molecular weight is 292 g/mol. The van der Waals surface area contributed by atoms with Crippen molar-refractivity contribution >= 4 is 17.2 Å². The van der Waals surface area contributed by atoms with E-state index in [4.69, 9.17) is 0 Å². The van der Waals surface area contributed by atoms with Crippen LogP contribution in [0.3, 0.4) is 0 Å². The summed E-state index contributed by atoms with van der Waals surface area (Å²) in [7, 11) is 1.70. The summed E-state index contributed by atoms with van der Waals surface area (Å²) in [5.41, 5.74) is 0.777. The number of carbonyl (C=O) groups is 1. The number of hydrogen-bond donors (Lipinski definition) is 1. The maximum Gasteiger partial charge on any atom is 0.274 e. The van der Waals surface area contributed by atoms with Gasteiger partial charge in [-0.2, -0.15) is 0 Å². The Kier molecular flexibility index (Phi) is 3.99. The van der Waals surface area contributed by atoms with Crippen LogP contribution in [0.25, 0.3) is 0 Å². The molecule has 2 aromatic heterocycles. The Bertz CT molecular complexity index is 671. The van der Waals surface area contributed by atoms with Crippen molar-refractivity contribution in [1.29, 1.82) is 0 Å². The lowest BCUT2D eigenvalue weighted by atomic mass is 10.2. The second-order valence-corrected chi connectivity index (χ2v) is 5.97. The predicted octanol–water partition coefficient (Wildman–Crippen LogP) is 1.68. The van der Waals surface area contributed by atoms with E-state index in [0.29, 0.717) is 0 Å². The number of aromatic nitrogens is 3. The van der Waals surface area contributed by atoms with E-state index >= 15 is 0 Å². The molecule has 1 N–H and O–H groups in total. The highest BCUT2D eigenvalue weighted by Crippen LogP contribution is 2.26. The molecule has 2 heterocycles. The smallest absolute Gasteiger partial charge is 0.274 e. The zero-order chi connectivity index (χ0) is 14.9. The number of rotatable bonds is 3. The molecule has 7 heteroatoms. The molecule has 0 saturated carbocycles. The maximum atomic E-state index is 12.3. The van der Waals surface area contributed by atoms with Crippen LogP contribution in [0, 0.1) is 13.8 Å². The third-order valence-corrected chi connectivity index (χ3v) is 4.03. The van der Waals surface area contributed by atoms with E-state index < -0.39 is 0 Å². The monoisotopic (exact) mass is 292 g/mol. The van der Waals surface area contributed by atoms with E-state index in [2.05, 4.69) is 15.0 Å². The van der Waals surface area contributed by atoms with Crippen LogP contribution in [-0.2, 0) is 0 Å². The number of amides is 1. The van der Waals surface area contributed by atoms with Crippen LogP contribution in [0.1, 0.15) is 39.0 Å². The number of aromatic amines is 1. The fourth-order valence-electron chi connectivity index (χ4n) is 1.93. The zero-order valence-corrected chi connectivity index (χ0v) is 12.6. The molecule has 0 spiro atoms. The van der Waals surface area contributed by atoms with Crippen molar-refractivity contribution in [2.75, 3.05) is 7.05 Å². The van der Waals surface area contributed by atoms with Crippen LogP contribution in [0.2, 0.25) is 0 Å². The van der Waals surface area contributed by atoms with Gasteiger partial charge >= 0.3 is 0 Å². The number of aryl methyl sites for hydroxylation is 2. The Labute approximate surface area is 120 Å². The number of carbonyl (C=O) groups excluding carboxylic acids is 1. The summed E-state index contributed by atoms with van der Waals surface area (Å²) in [6.45, 7) is 5.86. The van der Waals surface area contributed by atoms with E-state index in [0.717, 1.165) is 21.8 Å². The molecular formula is C13H16N4O2S. The van der Waals surface area contributed by atoms with Crippen molar-refractivity contribution in [2.45, 2.75) is 26.8 Å². The number of thiazole rings is 1. The average Bonchev–Trinajstić information content (AvgIpc) is 2.76. The summed E-state index contributed by atoms with van der Waals surface area (Å²) in [6.07, 6.45) is 2.43. The lowest BCUT2D eigenvalue weighted by Gasteiger charge is -2.23. The molecular weight excluding hydrogens is 276 g/mol. The maximum absolute atomic E-state index is 12.3. The summed E-state index contributed by atoms with van der Waals surface area (Å²) in [5.74, 6) is -0.251. The molecule has 0 saturated heterocycles. The normalized spacial score (nSPS) is 12.2. The molecule has 1 amide bonds. The van der Waals surface area contributed by atoms with Gasteiger partial charge in [-0.1, -0.05) is 0 Å². The Morgan fingerprint density at radius 1 is 1.45 bits per heavy atom.